The Morgan fingerprint density at radius 1 is 1.28 bits per heavy atom. The Bertz CT molecular complexity index is 433. The Morgan fingerprint density at radius 2 is 1.83 bits per heavy atom. The van der Waals surface area contributed by atoms with Crippen molar-refractivity contribution in [3.05, 3.63) is 17.7 Å². The molecule has 0 saturated heterocycles. The lowest BCUT2D eigenvalue weighted by Gasteiger charge is -2.15. The summed E-state index contributed by atoms with van der Waals surface area (Å²) in [6.45, 7) is 0. The highest BCUT2D eigenvalue weighted by Gasteiger charge is 2.21. The summed E-state index contributed by atoms with van der Waals surface area (Å²) in [5.74, 6) is 0.0889. The van der Waals surface area contributed by atoms with Crippen LogP contribution in [0.25, 0.3) is 0 Å². The predicted octanol–water partition coefficient (Wildman–Crippen LogP) is 0.452. The average molecular weight is 255 g/mol. The molecule has 6 heteroatoms. The van der Waals surface area contributed by atoms with Crippen LogP contribution in [0.15, 0.2) is 12.1 Å². The van der Waals surface area contributed by atoms with Gasteiger partial charge in [-0.05, 0) is 12.1 Å². The number of methoxy groups -OCH3 is 3. The highest BCUT2D eigenvalue weighted by molar-refractivity contribution is 5.76. The molecular formula is C12H17NO5. The first-order valence-electron chi connectivity index (χ1n) is 5.31. The number of aromatic hydroxyl groups is 1. The van der Waals surface area contributed by atoms with Gasteiger partial charge in [0.2, 0.25) is 0 Å². The zero-order chi connectivity index (χ0) is 13.7. The first kappa shape index (κ1) is 14.1. The van der Waals surface area contributed by atoms with Gasteiger partial charge in [-0.2, -0.15) is 0 Å². The Balaban J connectivity index is 3.09. The molecule has 0 aliphatic rings. The van der Waals surface area contributed by atoms with Gasteiger partial charge in [-0.15, -0.1) is 0 Å². The molecule has 1 atom stereocenters. The van der Waals surface area contributed by atoms with Crippen LogP contribution in [0.1, 0.15) is 5.56 Å². The van der Waals surface area contributed by atoms with E-state index in [0.29, 0.717) is 17.1 Å². The molecule has 1 unspecified atom stereocenters. The fourth-order valence-corrected chi connectivity index (χ4v) is 1.60. The first-order valence-corrected chi connectivity index (χ1v) is 5.31. The van der Waals surface area contributed by atoms with Gasteiger partial charge in [0, 0.05) is 12.0 Å². The van der Waals surface area contributed by atoms with Gasteiger partial charge < -0.3 is 25.1 Å². The van der Waals surface area contributed by atoms with E-state index < -0.39 is 12.0 Å². The van der Waals surface area contributed by atoms with Crippen LogP contribution in [-0.4, -0.2) is 38.4 Å². The van der Waals surface area contributed by atoms with E-state index in [-0.39, 0.29) is 12.2 Å². The Labute approximate surface area is 105 Å². The molecule has 0 amide bonds. The zero-order valence-electron chi connectivity index (χ0n) is 10.6. The van der Waals surface area contributed by atoms with E-state index in [2.05, 4.69) is 4.74 Å². The Hall–Kier alpha value is -1.95. The lowest BCUT2D eigenvalue weighted by molar-refractivity contribution is -0.142. The minimum Gasteiger partial charge on any atom is -0.504 e. The third-order valence-electron chi connectivity index (χ3n) is 2.57. The van der Waals surface area contributed by atoms with Gasteiger partial charge in [-0.25, -0.2) is 0 Å². The van der Waals surface area contributed by atoms with Crippen molar-refractivity contribution in [2.24, 2.45) is 5.73 Å². The highest BCUT2D eigenvalue weighted by Crippen LogP contribution is 2.36. The van der Waals surface area contributed by atoms with Crippen molar-refractivity contribution in [2.45, 2.75) is 12.5 Å². The summed E-state index contributed by atoms with van der Waals surface area (Å²) >= 11 is 0. The van der Waals surface area contributed by atoms with Gasteiger partial charge >= 0.3 is 5.97 Å². The third-order valence-corrected chi connectivity index (χ3v) is 2.57. The maximum absolute atomic E-state index is 11.3. The van der Waals surface area contributed by atoms with Crippen LogP contribution in [0.5, 0.6) is 17.2 Å². The van der Waals surface area contributed by atoms with Gasteiger partial charge in [0.25, 0.3) is 0 Å². The third kappa shape index (κ3) is 2.84. The molecule has 1 rings (SSSR count). The fraction of sp³-hybridized carbons (Fsp3) is 0.417. The maximum Gasteiger partial charge on any atom is 0.322 e. The molecular weight excluding hydrogens is 238 g/mol. The second kappa shape index (κ2) is 6.11. The molecule has 0 bridgehead atoms. The van der Waals surface area contributed by atoms with Crippen LogP contribution in [-0.2, 0) is 16.0 Å². The molecule has 0 saturated carbocycles. The standard InChI is InChI=1S/C12H17NO5/c1-16-9-4-5-10(17-2)11(14)7(9)6-8(13)12(15)18-3/h4-5,8,14H,6,13H2,1-3H3. The second-order valence-corrected chi connectivity index (χ2v) is 3.63. The van der Waals surface area contributed by atoms with Crippen molar-refractivity contribution >= 4 is 5.97 Å². The number of phenols is 1. The summed E-state index contributed by atoms with van der Waals surface area (Å²) in [4.78, 5) is 11.3. The molecule has 0 heterocycles. The van der Waals surface area contributed by atoms with E-state index in [1.807, 2.05) is 0 Å². The van der Waals surface area contributed by atoms with E-state index in [1.54, 1.807) is 12.1 Å². The lowest BCUT2D eigenvalue weighted by Crippen LogP contribution is -2.33. The Kier molecular flexibility index (Phi) is 4.79. The molecule has 1 aromatic rings. The molecule has 0 aliphatic heterocycles. The minimum absolute atomic E-state index is 0.0868. The smallest absolute Gasteiger partial charge is 0.322 e. The van der Waals surface area contributed by atoms with E-state index in [4.69, 9.17) is 15.2 Å². The van der Waals surface area contributed by atoms with Crippen molar-refractivity contribution in [2.75, 3.05) is 21.3 Å². The van der Waals surface area contributed by atoms with Crippen LogP contribution >= 0.6 is 0 Å². The number of esters is 1. The van der Waals surface area contributed by atoms with Crippen LogP contribution in [0.4, 0.5) is 0 Å². The number of carbonyl (C=O) groups is 1. The first-order chi connectivity index (χ1) is 8.54. The van der Waals surface area contributed by atoms with E-state index in [9.17, 15) is 9.90 Å². The lowest BCUT2D eigenvalue weighted by atomic mass is 10.0. The number of carbonyl (C=O) groups excluding carboxylic acids is 1. The van der Waals surface area contributed by atoms with E-state index in [0.717, 1.165) is 0 Å². The molecule has 0 aromatic heterocycles. The molecule has 100 valence electrons. The summed E-state index contributed by atoms with van der Waals surface area (Å²) in [7, 11) is 4.16. The quantitative estimate of drug-likeness (QED) is 0.742. The van der Waals surface area contributed by atoms with Crippen molar-refractivity contribution < 1.29 is 24.1 Å². The molecule has 0 fully saturated rings. The number of benzene rings is 1. The summed E-state index contributed by atoms with van der Waals surface area (Å²) in [6.07, 6.45) is 0.0961. The number of ether oxygens (including phenoxy) is 3. The van der Waals surface area contributed by atoms with Crippen LogP contribution in [0.3, 0.4) is 0 Å². The van der Waals surface area contributed by atoms with E-state index >= 15 is 0 Å². The van der Waals surface area contributed by atoms with Gasteiger partial charge in [-0.3, -0.25) is 4.79 Å². The van der Waals surface area contributed by atoms with Crippen LogP contribution in [0.2, 0.25) is 0 Å². The summed E-state index contributed by atoms with van der Waals surface area (Å²) < 4.78 is 14.6. The molecule has 0 aliphatic carbocycles. The number of rotatable bonds is 5. The summed E-state index contributed by atoms with van der Waals surface area (Å²) in [5.41, 5.74) is 6.07. The second-order valence-electron chi connectivity index (χ2n) is 3.63. The molecule has 6 nitrogen and oxygen atoms in total. The van der Waals surface area contributed by atoms with Crippen LogP contribution in [0, 0.1) is 0 Å². The Morgan fingerprint density at radius 3 is 2.33 bits per heavy atom. The van der Waals surface area contributed by atoms with Crippen LogP contribution < -0.4 is 15.2 Å². The maximum atomic E-state index is 11.3. The number of hydrogen-bond acceptors (Lipinski definition) is 6. The zero-order valence-corrected chi connectivity index (χ0v) is 10.6. The van der Waals surface area contributed by atoms with Crippen molar-refractivity contribution in [1.82, 2.24) is 0 Å². The SMILES string of the molecule is COC(=O)C(N)Cc1c(OC)ccc(OC)c1O. The van der Waals surface area contributed by atoms with Crippen molar-refractivity contribution in [1.29, 1.82) is 0 Å². The summed E-state index contributed by atoms with van der Waals surface area (Å²) in [5, 5.41) is 9.99. The number of phenolic OH excluding ortho intramolecular Hbond substituents is 1. The molecule has 18 heavy (non-hydrogen) atoms. The molecule has 0 radical (unpaired) electrons. The van der Waals surface area contributed by atoms with Gasteiger partial charge in [-0.1, -0.05) is 0 Å². The van der Waals surface area contributed by atoms with E-state index in [1.165, 1.54) is 21.3 Å². The fourth-order valence-electron chi connectivity index (χ4n) is 1.60. The monoisotopic (exact) mass is 255 g/mol. The molecule has 1 aromatic carbocycles. The van der Waals surface area contributed by atoms with Gasteiger partial charge in [0.05, 0.1) is 21.3 Å². The van der Waals surface area contributed by atoms with Gasteiger partial charge in [0.1, 0.15) is 11.8 Å². The van der Waals surface area contributed by atoms with Gasteiger partial charge in [0.15, 0.2) is 11.5 Å². The molecule has 0 spiro atoms. The normalized spacial score (nSPS) is 11.8. The van der Waals surface area contributed by atoms with Crippen molar-refractivity contribution in [3.8, 4) is 17.2 Å². The number of nitrogens with two attached hydrogens (primary N) is 1. The predicted molar refractivity (Wildman–Crippen MR) is 64.9 cm³/mol. The molecule has 3 N–H and O–H groups in total. The highest BCUT2D eigenvalue weighted by atomic mass is 16.5. The summed E-state index contributed by atoms with van der Waals surface area (Å²) in [6, 6.07) is 2.33. The topological polar surface area (TPSA) is 91.0 Å². The number of hydrogen-bond donors (Lipinski definition) is 2. The minimum atomic E-state index is -0.873. The average Bonchev–Trinajstić information content (AvgIpc) is 2.39. The largest absolute Gasteiger partial charge is 0.504 e. The van der Waals surface area contributed by atoms with Crippen molar-refractivity contribution in [3.63, 3.8) is 0 Å².